The summed E-state index contributed by atoms with van der Waals surface area (Å²) in [5.41, 5.74) is 0. The quantitative estimate of drug-likeness (QED) is 0.793. The average Bonchev–Trinajstić information content (AvgIpc) is 3.14. The second-order valence-electron chi connectivity index (χ2n) is 6.06. The van der Waals surface area contributed by atoms with Gasteiger partial charge in [0.25, 0.3) is 0 Å². The lowest BCUT2D eigenvalue weighted by Crippen LogP contribution is -2.48. The minimum Gasteiger partial charge on any atom is -0.337 e. The summed E-state index contributed by atoms with van der Waals surface area (Å²) in [5.74, 6) is 1.48. The second-order valence-corrected chi connectivity index (χ2v) is 7.95. The van der Waals surface area contributed by atoms with Crippen LogP contribution in [0.15, 0.2) is 22.7 Å². The van der Waals surface area contributed by atoms with Crippen molar-refractivity contribution in [2.75, 3.05) is 5.75 Å². The van der Waals surface area contributed by atoms with E-state index in [0.29, 0.717) is 17.8 Å². The lowest BCUT2D eigenvalue weighted by Gasteiger charge is -2.39. The zero-order chi connectivity index (χ0) is 16.4. The number of aromatic nitrogens is 3. The van der Waals surface area contributed by atoms with Crippen molar-refractivity contribution in [1.82, 2.24) is 19.7 Å². The van der Waals surface area contributed by atoms with Gasteiger partial charge in [0.15, 0.2) is 11.0 Å². The molecule has 1 saturated heterocycles. The fourth-order valence-corrected chi connectivity index (χ4v) is 4.70. The molecule has 3 heterocycles. The Labute approximate surface area is 145 Å². The maximum atomic E-state index is 12.6. The van der Waals surface area contributed by atoms with Crippen LogP contribution in [0, 0.1) is 0 Å². The van der Waals surface area contributed by atoms with Crippen molar-refractivity contribution in [2.24, 2.45) is 7.05 Å². The van der Waals surface area contributed by atoms with Gasteiger partial charge in [-0.2, -0.15) is 0 Å². The number of thiophene rings is 1. The number of piperidine rings is 1. The molecule has 0 saturated carbocycles. The molecule has 0 N–H and O–H groups in total. The summed E-state index contributed by atoms with van der Waals surface area (Å²) in [7, 11) is 1.95. The van der Waals surface area contributed by atoms with Crippen molar-refractivity contribution in [1.29, 1.82) is 0 Å². The Bertz CT molecular complexity index is 658. The van der Waals surface area contributed by atoms with Gasteiger partial charge in [-0.25, -0.2) is 0 Å². The number of amides is 1. The van der Waals surface area contributed by atoms with Gasteiger partial charge in [-0.1, -0.05) is 17.8 Å². The second kappa shape index (κ2) is 7.05. The number of rotatable bonds is 4. The Hall–Kier alpha value is -1.34. The highest BCUT2D eigenvalue weighted by Crippen LogP contribution is 2.27. The summed E-state index contributed by atoms with van der Waals surface area (Å²) in [6.07, 6.45) is 3.42. The molecular weight excluding hydrogens is 328 g/mol. The van der Waals surface area contributed by atoms with Crippen molar-refractivity contribution in [3.05, 3.63) is 17.5 Å². The average molecular weight is 351 g/mol. The maximum absolute atomic E-state index is 12.6. The molecule has 23 heavy (non-hydrogen) atoms. The molecule has 0 spiro atoms. The molecule has 1 amide bonds. The molecule has 1 aliphatic heterocycles. The zero-order valence-corrected chi connectivity index (χ0v) is 15.4. The molecule has 7 heteroatoms. The largest absolute Gasteiger partial charge is 0.337 e. The van der Waals surface area contributed by atoms with Gasteiger partial charge in [0, 0.05) is 19.1 Å². The first-order valence-corrected chi connectivity index (χ1v) is 9.81. The summed E-state index contributed by atoms with van der Waals surface area (Å²) < 4.78 is 1.97. The fourth-order valence-electron chi connectivity index (χ4n) is 3.17. The number of likely N-dealkylation sites (tertiary alicyclic amines) is 1. The Morgan fingerprint density at radius 1 is 1.35 bits per heavy atom. The van der Waals surface area contributed by atoms with E-state index < -0.39 is 0 Å². The van der Waals surface area contributed by atoms with E-state index in [1.807, 2.05) is 34.0 Å². The van der Waals surface area contributed by atoms with Crippen molar-refractivity contribution < 1.29 is 4.79 Å². The van der Waals surface area contributed by atoms with Crippen LogP contribution in [-0.2, 0) is 11.8 Å². The van der Waals surface area contributed by atoms with Crippen LogP contribution < -0.4 is 0 Å². The van der Waals surface area contributed by atoms with Crippen molar-refractivity contribution in [2.45, 2.75) is 50.4 Å². The summed E-state index contributed by atoms with van der Waals surface area (Å²) >= 11 is 3.12. The third-order valence-electron chi connectivity index (χ3n) is 4.38. The molecule has 0 unspecified atom stereocenters. The van der Waals surface area contributed by atoms with Gasteiger partial charge < -0.3 is 9.47 Å². The number of carbonyl (C=O) groups is 1. The molecule has 5 nitrogen and oxygen atoms in total. The molecule has 2 atom stereocenters. The number of hydrogen-bond acceptors (Lipinski definition) is 5. The van der Waals surface area contributed by atoms with Crippen LogP contribution in [0.2, 0.25) is 0 Å². The summed E-state index contributed by atoms with van der Waals surface area (Å²) in [6.45, 7) is 4.30. The number of nitrogens with zero attached hydrogens (tertiary/aromatic N) is 4. The normalized spacial score (nSPS) is 21.6. The van der Waals surface area contributed by atoms with Crippen LogP contribution in [0.3, 0.4) is 0 Å². The van der Waals surface area contributed by atoms with Gasteiger partial charge in [-0.05, 0) is 44.6 Å². The number of hydrogen-bond donors (Lipinski definition) is 0. The Kier molecular flexibility index (Phi) is 5.06. The number of carbonyl (C=O) groups excluding carboxylic acids is 1. The first kappa shape index (κ1) is 16.5. The topological polar surface area (TPSA) is 51.0 Å². The van der Waals surface area contributed by atoms with Crippen LogP contribution in [0.5, 0.6) is 0 Å². The van der Waals surface area contributed by atoms with Crippen LogP contribution in [0.1, 0.15) is 33.1 Å². The third-order valence-corrected chi connectivity index (χ3v) is 6.25. The molecule has 0 bridgehead atoms. The zero-order valence-electron chi connectivity index (χ0n) is 13.7. The Morgan fingerprint density at radius 3 is 2.74 bits per heavy atom. The van der Waals surface area contributed by atoms with Gasteiger partial charge in [-0.3, -0.25) is 4.79 Å². The predicted octanol–water partition coefficient (Wildman–Crippen LogP) is 3.43. The van der Waals surface area contributed by atoms with Gasteiger partial charge in [0.1, 0.15) is 0 Å². The molecule has 0 aliphatic carbocycles. The highest BCUT2D eigenvalue weighted by atomic mass is 32.2. The molecule has 1 fully saturated rings. The molecule has 2 aromatic rings. The molecule has 0 radical (unpaired) electrons. The molecule has 2 aromatic heterocycles. The summed E-state index contributed by atoms with van der Waals surface area (Å²) in [5, 5.41) is 11.3. The highest BCUT2D eigenvalue weighted by molar-refractivity contribution is 7.99. The van der Waals surface area contributed by atoms with Crippen LogP contribution in [0.4, 0.5) is 0 Å². The minimum atomic E-state index is 0.204. The molecule has 124 valence electrons. The first-order chi connectivity index (χ1) is 11.1. The molecule has 1 aliphatic rings. The molecule has 3 rings (SSSR count). The number of thioether (sulfide) groups is 1. The van der Waals surface area contributed by atoms with Crippen LogP contribution in [-0.4, -0.2) is 43.4 Å². The van der Waals surface area contributed by atoms with Gasteiger partial charge in [0.2, 0.25) is 5.91 Å². The van der Waals surface area contributed by atoms with Crippen molar-refractivity contribution >= 4 is 29.0 Å². The third kappa shape index (κ3) is 3.45. The first-order valence-electron chi connectivity index (χ1n) is 7.95. The lowest BCUT2D eigenvalue weighted by atomic mass is 9.98. The molecular formula is C16H22N4OS2. The fraction of sp³-hybridized carbons (Fsp3) is 0.562. The highest BCUT2D eigenvalue weighted by Gasteiger charge is 2.29. The van der Waals surface area contributed by atoms with Gasteiger partial charge >= 0.3 is 0 Å². The lowest BCUT2D eigenvalue weighted by molar-refractivity contribution is -0.134. The SMILES string of the molecule is C[C@@H]1CCC[C@@H](C)N1C(=O)CSc1nnc(-c2cccs2)n1C. The van der Waals surface area contributed by atoms with Crippen molar-refractivity contribution in [3.63, 3.8) is 0 Å². The summed E-state index contributed by atoms with van der Waals surface area (Å²) in [6, 6.07) is 4.72. The standard InChI is InChI=1S/C16H22N4OS2/c1-11-6-4-7-12(2)20(11)14(21)10-23-16-18-17-15(19(16)3)13-8-5-9-22-13/h5,8-9,11-12H,4,6-7,10H2,1-3H3/t11-,12-/m1/s1. The van der Waals surface area contributed by atoms with Gasteiger partial charge in [-0.15, -0.1) is 21.5 Å². The molecule has 0 aromatic carbocycles. The van der Waals surface area contributed by atoms with Crippen molar-refractivity contribution in [3.8, 4) is 10.7 Å². The van der Waals surface area contributed by atoms with E-state index >= 15 is 0 Å². The minimum absolute atomic E-state index is 0.204. The monoisotopic (exact) mass is 350 g/mol. The Morgan fingerprint density at radius 2 is 2.09 bits per heavy atom. The van der Waals surface area contributed by atoms with E-state index in [1.54, 1.807) is 11.3 Å². The van der Waals surface area contributed by atoms with Crippen LogP contribution in [0.25, 0.3) is 10.7 Å². The van der Waals surface area contributed by atoms with E-state index in [0.717, 1.165) is 28.7 Å². The van der Waals surface area contributed by atoms with Crippen LogP contribution >= 0.6 is 23.1 Å². The van der Waals surface area contributed by atoms with E-state index in [9.17, 15) is 4.79 Å². The van der Waals surface area contributed by atoms with E-state index in [4.69, 9.17) is 0 Å². The Balaban J connectivity index is 1.65. The van der Waals surface area contributed by atoms with E-state index in [-0.39, 0.29) is 5.91 Å². The van der Waals surface area contributed by atoms with E-state index in [2.05, 4.69) is 24.0 Å². The van der Waals surface area contributed by atoms with E-state index in [1.165, 1.54) is 18.2 Å². The smallest absolute Gasteiger partial charge is 0.233 e. The maximum Gasteiger partial charge on any atom is 0.233 e. The van der Waals surface area contributed by atoms with Gasteiger partial charge in [0.05, 0.1) is 10.6 Å². The predicted molar refractivity (Wildman–Crippen MR) is 94.7 cm³/mol. The summed E-state index contributed by atoms with van der Waals surface area (Å²) in [4.78, 5) is 15.7.